The smallest absolute Gasteiger partial charge is 0.407 e. The molecule has 0 aromatic rings. The van der Waals surface area contributed by atoms with Gasteiger partial charge in [-0.1, -0.05) is 84.0 Å². The average Bonchev–Trinajstić information content (AvgIpc) is 3.08. The minimum Gasteiger partial charge on any atom is -0.443 e. The highest BCUT2D eigenvalue weighted by Gasteiger charge is 2.44. The van der Waals surface area contributed by atoms with Crippen molar-refractivity contribution < 1.29 is 9.53 Å². The molecule has 3 nitrogen and oxygen atoms in total. The Morgan fingerprint density at radius 1 is 0.957 bits per heavy atom. The van der Waals surface area contributed by atoms with Crippen molar-refractivity contribution in [3.63, 3.8) is 0 Å². The first-order valence-electron chi connectivity index (χ1n) is 9.90. The summed E-state index contributed by atoms with van der Waals surface area (Å²) in [6.07, 6.45) is 17.9. The molecule has 3 atom stereocenters. The standard InChI is InChI=1S/C19H35NO2S/c1-2-3-4-5-6-7-8-9-10-11-12-13-14-17-18-16(15-23-17)20-19(21)22-18/h16-18H,2-15H2,1H3,(H,20,21)/t16-,17-,18-/m0/s1. The van der Waals surface area contributed by atoms with Crippen LogP contribution >= 0.6 is 11.8 Å². The van der Waals surface area contributed by atoms with Gasteiger partial charge in [0.2, 0.25) is 0 Å². The molecule has 0 aromatic heterocycles. The molecule has 0 spiro atoms. The van der Waals surface area contributed by atoms with Crippen LogP contribution in [0, 0.1) is 0 Å². The van der Waals surface area contributed by atoms with Crippen LogP contribution in [0.2, 0.25) is 0 Å². The molecule has 2 heterocycles. The fraction of sp³-hybridized carbons (Fsp3) is 0.947. The predicted molar refractivity (Wildman–Crippen MR) is 99.1 cm³/mol. The molecule has 2 aliphatic rings. The van der Waals surface area contributed by atoms with Crippen LogP contribution in [0.4, 0.5) is 4.79 Å². The van der Waals surface area contributed by atoms with Crippen LogP contribution in [0.5, 0.6) is 0 Å². The molecule has 0 saturated carbocycles. The maximum Gasteiger partial charge on any atom is 0.407 e. The molecule has 2 fully saturated rings. The molecule has 134 valence electrons. The molecule has 0 unspecified atom stereocenters. The molecule has 2 aliphatic heterocycles. The number of rotatable bonds is 13. The number of unbranched alkanes of at least 4 members (excludes halogenated alkanes) is 11. The lowest BCUT2D eigenvalue weighted by Crippen LogP contribution is -2.32. The van der Waals surface area contributed by atoms with Gasteiger partial charge in [0, 0.05) is 11.0 Å². The monoisotopic (exact) mass is 341 g/mol. The summed E-state index contributed by atoms with van der Waals surface area (Å²) in [5, 5.41) is 3.44. The Labute approximate surface area is 146 Å². The topological polar surface area (TPSA) is 38.3 Å². The van der Waals surface area contributed by atoms with Crippen LogP contribution < -0.4 is 5.32 Å². The van der Waals surface area contributed by atoms with Crippen molar-refractivity contribution in [3.8, 4) is 0 Å². The molecule has 2 saturated heterocycles. The minimum atomic E-state index is -0.208. The first kappa shape index (κ1) is 19.0. The summed E-state index contributed by atoms with van der Waals surface area (Å²) in [7, 11) is 0. The van der Waals surface area contributed by atoms with Crippen molar-refractivity contribution in [2.45, 2.75) is 108 Å². The van der Waals surface area contributed by atoms with Crippen molar-refractivity contribution in [2.24, 2.45) is 0 Å². The van der Waals surface area contributed by atoms with Gasteiger partial charge in [-0.3, -0.25) is 0 Å². The number of fused-ring (bicyclic) bond motifs is 1. The van der Waals surface area contributed by atoms with Gasteiger partial charge in [-0.05, 0) is 6.42 Å². The Balaban J connectivity index is 1.35. The van der Waals surface area contributed by atoms with E-state index < -0.39 is 0 Å². The Morgan fingerprint density at radius 3 is 2.13 bits per heavy atom. The fourth-order valence-corrected chi connectivity index (χ4v) is 5.20. The third-order valence-corrected chi connectivity index (χ3v) is 6.63. The number of amides is 1. The molecule has 4 heteroatoms. The first-order chi connectivity index (χ1) is 11.3. The predicted octanol–water partition coefficient (Wildman–Crippen LogP) is 5.67. The first-order valence-corrected chi connectivity index (χ1v) is 10.9. The van der Waals surface area contributed by atoms with Crippen molar-refractivity contribution >= 4 is 17.9 Å². The average molecular weight is 342 g/mol. The van der Waals surface area contributed by atoms with E-state index in [1.54, 1.807) is 0 Å². The molecular weight excluding hydrogens is 306 g/mol. The lowest BCUT2D eigenvalue weighted by molar-refractivity contribution is 0.133. The number of alkyl carbamates (subject to hydrolysis) is 1. The van der Waals surface area contributed by atoms with Crippen LogP contribution in [-0.4, -0.2) is 29.2 Å². The highest BCUT2D eigenvalue weighted by molar-refractivity contribution is 8.00. The van der Waals surface area contributed by atoms with Gasteiger partial charge in [-0.15, -0.1) is 0 Å². The van der Waals surface area contributed by atoms with E-state index in [4.69, 9.17) is 4.74 Å². The zero-order valence-corrected chi connectivity index (χ0v) is 15.7. The van der Waals surface area contributed by atoms with Gasteiger partial charge in [0.25, 0.3) is 0 Å². The molecule has 0 aromatic carbocycles. The van der Waals surface area contributed by atoms with E-state index in [0.717, 1.165) is 5.75 Å². The van der Waals surface area contributed by atoms with Crippen LogP contribution in [0.1, 0.15) is 90.4 Å². The third kappa shape index (κ3) is 6.94. The van der Waals surface area contributed by atoms with Gasteiger partial charge < -0.3 is 10.1 Å². The zero-order chi connectivity index (χ0) is 16.3. The highest BCUT2D eigenvalue weighted by Crippen LogP contribution is 2.35. The van der Waals surface area contributed by atoms with Crippen molar-refractivity contribution in [1.29, 1.82) is 0 Å². The summed E-state index contributed by atoms with van der Waals surface area (Å²) < 4.78 is 5.38. The molecule has 0 aliphatic carbocycles. The Morgan fingerprint density at radius 2 is 1.52 bits per heavy atom. The number of nitrogens with one attached hydrogen (secondary N) is 1. The number of hydrogen-bond donors (Lipinski definition) is 1. The van der Waals surface area contributed by atoms with Crippen LogP contribution in [0.15, 0.2) is 0 Å². The maximum atomic E-state index is 11.2. The van der Waals surface area contributed by atoms with E-state index in [2.05, 4.69) is 12.2 Å². The highest BCUT2D eigenvalue weighted by atomic mass is 32.2. The number of hydrogen-bond acceptors (Lipinski definition) is 3. The van der Waals surface area contributed by atoms with Crippen LogP contribution in [0.25, 0.3) is 0 Å². The second-order valence-electron chi connectivity index (χ2n) is 7.17. The number of carbonyl (C=O) groups excluding carboxylic acids is 1. The van der Waals surface area contributed by atoms with Crippen molar-refractivity contribution in [1.82, 2.24) is 5.32 Å². The van der Waals surface area contributed by atoms with E-state index in [1.165, 1.54) is 83.5 Å². The molecule has 0 radical (unpaired) electrons. The largest absolute Gasteiger partial charge is 0.443 e. The summed E-state index contributed by atoms with van der Waals surface area (Å²) in [4.78, 5) is 11.2. The quantitative estimate of drug-likeness (QED) is 0.439. The maximum absolute atomic E-state index is 11.2. The van der Waals surface area contributed by atoms with Gasteiger partial charge in [0.1, 0.15) is 6.10 Å². The van der Waals surface area contributed by atoms with Gasteiger partial charge in [-0.2, -0.15) is 11.8 Å². The van der Waals surface area contributed by atoms with E-state index in [0.29, 0.717) is 5.25 Å². The summed E-state index contributed by atoms with van der Waals surface area (Å²) in [6.45, 7) is 2.28. The molecule has 2 rings (SSSR count). The second-order valence-corrected chi connectivity index (χ2v) is 8.44. The summed E-state index contributed by atoms with van der Waals surface area (Å²) in [5.41, 5.74) is 0. The van der Waals surface area contributed by atoms with E-state index in [9.17, 15) is 4.79 Å². The van der Waals surface area contributed by atoms with Crippen molar-refractivity contribution in [2.75, 3.05) is 5.75 Å². The number of carbonyl (C=O) groups is 1. The van der Waals surface area contributed by atoms with Gasteiger partial charge >= 0.3 is 6.09 Å². The van der Waals surface area contributed by atoms with Gasteiger partial charge in [0.15, 0.2) is 0 Å². The third-order valence-electron chi connectivity index (χ3n) is 5.14. The summed E-state index contributed by atoms with van der Waals surface area (Å²) >= 11 is 1.98. The normalized spacial score (nSPS) is 26.1. The zero-order valence-electron chi connectivity index (χ0n) is 14.9. The Bertz CT molecular complexity index is 337. The Kier molecular flexibility index (Phi) is 9.25. The molecular formula is C19H35NO2S. The van der Waals surface area contributed by atoms with E-state index in [1.807, 2.05) is 11.8 Å². The number of thioether (sulfide) groups is 1. The lowest BCUT2D eigenvalue weighted by atomic mass is 10.0. The molecule has 0 bridgehead atoms. The lowest BCUT2D eigenvalue weighted by Gasteiger charge is -2.15. The Hall–Kier alpha value is -0.380. The van der Waals surface area contributed by atoms with Gasteiger partial charge in [0.05, 0.1) is 6.04 Å². The molecule has 1 amide bonds. The van der Waals surface area contributed by atoms with Gasteiger partial charge in [-0.25, -0.2) is 4.79 Å². The minimum absolute atomic E-state index is 0.139. The number of ether oxygens (including phenoxy) is 1. The van der Waals surface area contributed by atoms with Crippen LogP contribution in [0.3, 0.4) is 0 Å². The van der Waals surface area contributed by atoms with E-state index >= 15 is 0 Å². The summed E-state index contributed by atoms with van der Waals surface area (Å²) in [5.74, 6) is 1.03. The van der Waals surface area contributed by atoms with Crippen molar-refractivity contribution in [3.05, 3.63) is 0 Å². The van der Waals surface area contributed by atoms with E-state index in [-0.39, 0.29) is 18.2 Å². The fourth-order valence-electron chi connectivity index (χ4n) is 3.70. The molecule has 23 heavy (non-hydrogen) atoms. The summed E-state index contributed by atoms with van der Waals surface area (Å²) in [6, 6.07) is 0.273. The molecule has 1 N–H and O–H groups in total. The van der Waals surface area contributed by atoms with Crippen LogP contribution in [-0.2, 0) is 4.74 Å². The SMILES string of the molecule is CCCCCCCCCCCCCC[C@@H]1SC[C@@H]2NC(=O)O[C@@H]21. The second kappa shape index (κ2) is 11.2.